The van der Waals surface area contributed by atoms with Crippen LogP contribution in [0.2, 0.25) is 0 Å². The van der Waals surface area contributed by atoms with Crippen molar-refractivity contribution in [3.63, 3.8) is 0 Å². The van der Waals surface area contributed by atoms with Crippen molar-refractivity contribution in [3.05, 3.63) is 29.6 Å². The van der Waals surface area contributed by atoms with E-state index in [0.717, 1.165) is 11.3 Å². The summed E-state index contributed by atoms with van der Waals surface area (Å²) in [6, 6.07) is 3.87. The molecule has 1 aromatic heterocycles. The first-order valence-electron chi connectivity index (χ1n) is 5.75. The van der Waals surface area contributed by atoms with Gasteiger partial charge in [0.05, 0.1) is 12.2 Å². The van der Waals surface area contributed by atoms with Crippen LogP contribution in [0.15, 0.2) is 18.3 Å². The summed E-state index contributed by atoms with van der Waals surface area (Å²) in [6.07, 6.45) is 1.73. The van der Waals surface area contributed by atoms with Gasteiger partial charge in [0, 0.05) is 25.8 Å². The summed E-state index contributed by atoms with van der Waals surface area (Å²) in [6.45, 7) is 4.05. The maximum absolute atomic E-state index is 11.4. The van der Waals surface area contributed by atoms with Crippen molar-refractivity contribution in [3.8, 4) is 0 Å². The predicted octanol–water partition coefficient (Wildman–Crippen LogP) is 0.108. The molecule has 0 aromatic carbocycles. The Kier molecular flexibility index (Phi) is 5.59. The summed E-state index contributed by atoms with van der Waals surface area (Å²) in [5.74, 6) is 0.0354. The third-order valence-electron chi connectivity index (χ3n) is 2.41. The molecule has 0 atom stereocenters. The monoisotopic (exact) mass is 236 g/mol. The van der Waals surface area contributed by atoms with Crippen LogP contribution in [0.3, 0.4) is 0 Å². The molecule has 17 heavy (non-hydrogen) atoms. The zero-order valence-corrected chi connectivity index (χ0v) is 10.4. The van der Waals surface area contributed by atoms with E-state index in [9.17, 15) is 4.79 Å². The molecule has 0 radical (unpaired) electrons. The number of rotatable bonds is 6. The van der Waals surface area contributed by atoms with Gasteiger partial charge in [-0.2, -0.15) is 0 Å². The van der Waals surface area contributed by atoms with Crippen LogP contribution in [0.25, 0.3) is 0 Å². The lowest BCUT2D eigenvalue weighted by molar-refractivity contribution is -0.121. The number of likely N-dealkylation sites (N-methyl/N-ethyl adjacent to an activating group) is 2. The van der Waals surface area contributed by atoms with Crippen molar-refractivity contribution in [1.82, 2.24) is 15.2 Å². The minimum Gasteiger partial charge on any atom is -0.355 e. The maximum atomic E-state index is 11.4. The molecular weight excluding hydrogens is 216 g/mol. The third kappa shape index (κ3) is 4.50. The second-order valence-electron chi connectivity index (χ2n) is 3.94. The van der Waals surface area contributed by atoms with Gasteiger partial charge in [-0.15, -0.1) is 0 Å². The second-order valence-corrected chi connectivity index (χ2v) is 3.94. The number of nitrogens with one attached hydrogen (secondary N) is 1. The average Bonchev–Trinajstić information content (AvgIpc) is 2.29. The molecule has 0 spiro atoms. The number of hydrogen-bond acceptors (Lipinski definition) is 4. The first-order chi connectivity index (χ1) is 8.17. The molecule has 0 aliphatic rings. The summed E-state index contributed by atoms with van der Waals surface area (Å²) in [4.78, 5) is 17.6. The minimum absolute atomic E-state index is 0.0354. The summed E-state index contributed by atoms with van der Waals surface area (Å²) >= 11 is 0. The number of amides is 1. The highest BCUT2D eigenvalue weighted by molar-refractivity contribution is 5.77. The van der Waals surface area contributed by atoms with Crippen LogP contribution in [0.5, 0.6) is 0 Å². The van der Waals surface area contributed by atoms with Crippen molar-refractivity contribution in [2.45, 2.75) is 20.0 Å². The molecule has 5 nitrogen and oxygen atoms in total. The molecule has 0 unspecified atom stereocenters. The number of aromatic nitrogens is 1. The lowest BCUT2D eigenvalue weighted by atomic mass is 10.2. The lowest BCUT2D eigenvalue weighted by Gasteiger charge is -2.17. The first-order valence-corrected chi connectivity index (χ1v) is 5.75. The highest BCUT2D eigenvalue weighted by atomic mass is 16.1. The van der Waals surface area contributed by atoms with Gasteiger partial charge in [-0.3, -0.25) is 14.7 Å². The van der Waals surface area contributed by atoms with Gasteiger partial charge in [-0.05, 0) is 25.6 Å². The lowest BCUT2D eigenvalue weighted by Crippen LogP contribution is -2.34. The fourth-order valence-electron chi connectivity index (χ4n) is 1.64. The van der Waals surface area contributed by atoms with Crippen molar-refractivity contribution >= 4 is 5.91 Å². The van der Waals surface area contributed by atoms with Gasteiger partial charge in [0.2, 0.25) is 5.91 Å². The SMILES string of the molecule is CCNC(=O)CN(C)Cc1cccnc1CN. The van der Waals surface area contributed by atoms with E-state index in [1.807, 2.05) is 31.0 Å². The normalized spacial score (nSPS) is 10.6. The standard InChI is InChI=1S/C12H20N4O/c1-3-14-12(17)9-16(2)8-10-5-4-6-15-11(10)7-13/h4-6H,3,7-9,13H2,1-2H3,(H,14,17). The Morgan fingerprint density at radius 2 is 2.35 bits per heavy atom. The van der Waals surface area contributed by atoms with Crippen LogP contribution in [0, 0.1) is 0 Å². The summed E-state index contributed by atoms with van der Waals surface area (Å²) in [5.41, 5.74) is 7.57. The van der Waals surface area contributed by atoms with Crippen LogP contribution in [-0.2, 0) is 17.9 Å². The molecule has 1 heterocycles. The quantitative estimate of drug-likeness (QED) is 0.735. The smallest absolute Gasteiger partial charge is 0.234 e. The Labute approximate surface area is 102 Å². The average molecular weight is 236 g/mol. The van der Waals surface area contributed by atoms with Crippen LogP contribution < -0.4 is 11.1 Å². The van der Waals surface area contributed by atoms with E-state index >= 15 is 0 Å². The molecule has 1 amide bonds. The Balaban J connectivity index is 2.55. The van der Waals surface area contributed by atoms with Gasteiger partial charge in [0.15, 0.2) is 0 Å². The fourth-order valence-corrected chi connectivity index (χ4v) is 1.64. The Bertz CT molecular complexity index is 367. The molecule has 1 aromatic rings. The summed E-state index contributed by atoms with van der Waals surface area (Å²) < 4.78 is 0. The molecular formula is C12H20N4O. The third-order valence-corrected chi connectivity index (χ3v) is 2.41. The Morgan fingerprint density at radius 3 is 3.00 bits per heavy atom. The van der Waals surface area contributed by atoms with Gasteiger partial charge >= 0.3 is 0 Å². The predicted molar refractivity (Wildman–Crippen MR) is 67.1 cm³/mol. The largest absolute Gasteiger partial charge is 0.355 e. The molecule has 0 aliphatic carbocycles. The van der Waals surface area contributed by atoms with Crippen LogP contribution in [0.4, 0.5) is 0 Å². The van der Waals surface area contributed by atoms with Gasteiger partial charge in [0.25, 0.3) is 0 Å². The topological polar surface area (TPSA) is 71.2 Å². The van der Waals surface area contributed by atoms with Crippen molar-refractivity contribution in [2.24, 2.45) is 5.73 Å². The zero-order chi connectivity index (χ0) is 12.7. The number of carbonyl (C=O) groups is 1. The minimum atomic E-state index is 0.0354. The molecule has 0 bridgehead atoms. The van der Waals surface area contributed by atoms with E-state index in [0.29, 0.717) is 26.2 Å². The molecule has 3 N–H and O–H groups in total. The molecule has 5 heteroatoms. The van der Waals surface area contributed by atoms with Crippen molar-refractivity contribution in [2.75, 3.05) is 20.1 Å². The van der Waals surface area contributed by atoms with E-state index in [1.165, 1.54) is 0 Å². The molecule has 94 valence electrons. The van der Waals surface area contributed by atoms with Crippen LogP contribution in [-0.4, -0.2) is 35.9 Å². The fraction of sp³-hybridized carbons (Fsp3) is 0.500. The van der Waals surface area contributed by atoms with Crippen molar-refractivity contribution < 1.29 is 4.79 Å². The highest BCUT2D eigenvalue weighted by Crippen LogP contribution is 2.07. The van der Waals surface area contributed by atoms with E-state index < -0.39 is 0 Å². The molecule has 0 fully saturated rings. The van der Waals surface area contributed by atoms with Gasteiger partial charge in [-0.25, -0.2) is 0 Å². The number of nitrogens with zero attached hydrogens (tertiary/aromatic N) is 2. The molecule has 0 aliphatic heterocycles. The maximum Gasteiger partial charge on any atom is 0.234 e. The molecule has 1 rings (SSSR count). The van der Waals surface area contributed by atoms with Gasteiger partial charge < -0.3 is 11.1 Å². The second kappa shape index (κ2) is 6.98. The van der Waals surface area contributed by atoms with Gasteiger partial charge in [-0.1, -0.05) is 6.07 Å². The number of hydrogen-bond donors (Lipinski definition) is 2. The molecule has 0 saturated carbocycles. The Morgan fingerprint density at radius 1 is 1.59 bits per heavy atom. The van der Waals surface area contributed by atoms with Crippen LogP contribution in [0.1, 0.15) is 18.2 Å². The summed E-state index contributed by atoms with van der Waals surface area (Å²) in [7, 11) is 1.91. The summed E-state index contributed by atoms with van der Waals surface area (Å²) in [5, 5.41) is 2.77. The first kappa shape index (κ1) is 13.6. The number of nitrogens with two attached hydrogens (primary N) is 1. The van der Waals surface area contributed by atoms with Crippen LogP contribution >= 0.6 is 0 Å². The zero-order valence-electron chi connectivity index (χ0n) is 10.4. The highest BCUT2D eigenvalue weighted by Gasteiger charge is 2.08. The van der Waals surface area contributed by atoms with Crippen molar-refractivity contribution in [1.29, 1.82) is 0 Å². The van der Waals surface area contributed by atoms with E-state index in [-0.39, 0.29) is 5.91 Å². The van der Waals surface area contributed by atoms with E-state index in [4.69, 9.17) is 5.73 Å². The van der Waals surface area contributed by atoms with E-state index in [2.05, 4.69) is 10.3 Å². The van der Waals surface area contributed by atoms with E-state index in [1.54, 1.807) is 6.20 Å². The van der Waals surface area contributed by atoms with Gasteiger partial charge in [0.1, 0.15) is 0 Å². The molecule has 0 saturated heterocycles. The number of pyridine rings is 1. The Hall–Kier alpha value is -1.46. The number of carbonyl (C=O) groups excluding carboxylic acids is 1.